The van der Waals surface area contributed by atoms with Crippen molar-refractivity contribution in [2.24, 2.45) is 0 Å². The number of carboxylic acids is 1. The van der Waals surface area contributed by atoms with Gasteiger partial charge in [0.2, 0.25) is 0 Å². The number of amides is 1. The van der Waals surface area contributed by atoms with E-state index in [-0.39, 0.29) is 5.56 Å². The Morgan fingerprint density at radius 2 is 1.72 bits per heavy atom. The number of benzene rings is 1. The van der Waals surface area contributed by atoms with E-state index in [1.165, 1.54) is 29.6 Å². The van der Waals surface area contributed by atoms with Gasteiger partial charge >= 0.3 is 18.1 Å². The Balaban J connectivity index is 2.94. The Bertz CT molecular complexity index is 458. The molecule has 0 fully saturated rings. The second kappa shape index (κ2) is 5.26. The summed E-state index contributed by atoms with van der Waals surface area (Å²) < 4.78 is 36.1. The van der Waals surface area contributed by atoms with Gasteiger partial charge in [-0.2, -0.15) is 13.2 Å². The summed E-state index contributed by atoms with van der Waals surface area (Å²) >= 11 is 5.56. The van der Waals surface area contributed by atoms with Crippen LogP contribution in [0.15, 0.2) is 24.3 Å². The number of aliphatic carboxylic acids is 1. The number of carbonyl (C=O) groups is 2. The van der Waals surface area contributed by atoms with Crippen LogP contribution >= 0.6 is 11.6 Å². The fourth-order valence-corrected chi connectivity index (χ4v) is 1.28. The first-order chi connectivity index (χ1) is 8.21. The summed E-state index contributed by atoms with van der Waals surface area (Å²) in [5.74, 6) is -3.92. The molecule has 0 heterocycles. The molecule has 0 saturated carbocycles. The number of carboxylic acid groups (broad SMARTS) is 1. The summed E-state index contributed by atoms with van der Waals surface area (Å²) in [4.78, 5) is 21.5. The van der Waals surface area contributed by atoms with E-state index in [0.29, 0.717) is 5.02 Å². The minimum atomic E-state index is -5.14. The van der Waals surface area contributed by atoms with Gasteiger partial charge in [-0.25, -0.2) is 4.79 Å². The first kappa shape index (κ1) is 14.3. The first-order valence-electron chi connectivity index (χ1n) is 4.58. The quantitative estimate of drug-likeness (QED) is 0.892. The number of nitrogens with one attached hydrogen (secondary N) is 1. The summed E-state index contributed by atoms with van der Waals surface area (Å²) in [7, 11) is 0. The van der Waals surface area contributed by atoms with Crippen LogP contribution in [0.5, 0.6) is 0 Å². The molecule has 4 nitrogen and oxygen atoms in total. The summed E-state index contributed by atoms with van der Waals surface area (Å²) in [5.41, 5.74) is -0.00972. The van der Waals surface area contributed by atoms with Gasteiger partial charge in [0.1, 0.15) is 0 Å². The lowest BCUT2D eigenvalue weighted by Crippen LogP contribution is -2.41. The Morgan fingerprint density at radius 3 is 2.11 bits per heavy atom. The van der Waals surface area contributed by atoms with Crippen molar-refractivity contribution in [3.63, 3.8) is 0 Å². The lowest BCUT2D eigenvalue weighted by molar-refractivity contribution is -0.175. The average molecular weight is 282 g/mol. The third-order valence-corrected chi connectivity index (χ3v) is 2.24. The molecule has 18 heavy (non-hydrogen) atoms. The van der Waals surface area contributed by atoms with Crippen LogP contribution in [-0.4, -0.2) is 23.2 Å². The number of rotatable bonds is 3. The SMILES string of the molecule is O=C(O)C(NC(=O)C(F)(F)F)c1ccc(Cl)cc1. The molecule has 1 rings (SSSR count). The second-order valence-electron chi connectivity index (χ2n) is 3.29. The Labute approximate surface area is 104 Å². The normalized spacial score (nSPS) is 12.9. The van der Waals surface area contributed by atoms with E-state index in [2.05, 4.69) is 0 Å². The lowest BCUT2D eigenvalue weighted by atomic mass is 10.1. The molecule has 8 heteroatoms. The molecule has 0 bridgehead atoms. The number of halogens is 4. The molecule has 0 spiro atoms. The van der Waals surface area contributed by atoms with Gasteiger partial charge in [0.15, 0.2) is 6.04 Å². The highest BCUT2D eigenvalue weighted by Crippen LogP contribution is 2.20. The van der Waals surface area contributed by atoms with Crippen LogP contribution in [0, 0.1) is 0 Å². The Morgan fingerprint density at radius 1 is 1.22 bits per heavy atom. The maximum absolute atomic E-state index is 12.0. The van der Waals surface area contributed by atoms with Gasteiger partial charge in [-0.15, -0.1) is 0 Å². The molecule has 0 saturated heterocycles. The molecule has 0 aliphatic rings. The summed E-state index contributed by atoms with van der Waals surface area (Å²) in [6.07, 6.45) is -5.14. The average Bonchev–Trinajstić information content (AvgIpc) is 2.25. The molecule has 1 unspecified atom stereocenters. The number of hydrogen-bond donors (Lipinski definition) is 2. The zero-order chi connectivity index (χ0) is 13.9. The standard InChI is InChI=1S/C10H7ClF3NO3/c11-6-3-1-5(2-4-6)7(8(16)17)15-9(18)10(12,13)14/h1-4,7H,(H,15,18)(H,16,17). The molecule has 0 aliphatic carbocycles. The minimum absolute atomic E-state index is 0.00972. The molecular formula is C10H7ClF3NO3. The molecule has 1 aromatic rings. The lowest BCUT2D eigenvalue weighted by Gasteiger charge is -2.16. The fraction of sp³-hybridized carbons (Fsp3) is 0.200. The highest BCUT2D eigenvalue weighted by Gasteiger charge is 2.41. The van der Waals surface area contributed by atoms with Crippen LogP contribution < -0.4 is 5.32 Å². The monoisotopic (exact) mass is 281 g/mol. The molecule has 0 aliphatic heterocycles. The largest absolute Gasteiger partial charge is 0.479 e. The van der Waals surface area contributed by atoms with Crippen LogP contribution in [0.2, 0.25) is 5.02 Å². The van der Waals surface area contributed by atoms with Crippen molar-refractivity contribution in [2.45, 2.75) is 12.2 Å². The predicted octanol–water partition coefficient (Wildman–Crippen LogP) is 2.14. The third-order valence-electron chi connectivity index (χ3n) is 1.98. The third kappa shape index (κ3) is 3.63. The van der Waals surface area contributed by atoms with Crippen LogP contribution in [0.1, 0.15) is 11.6 Å². The first-order valence-corrected chi connectivity index (χ1v) is 4.95. The van der Waals surface area contributed by atoms with Crippen molar-refractivity contribution in [2.75, 3.05) is 0 Å². The van der Waals surface area contributed by atoms with Crippen molar-refractivity contribution in [1.82, 2.24) is 5.32 Å². The van der Waals surface area contributed by atoms with Crippen LogP contribution in [0.25, 0.3) is 0 Å². The molecule has 98 valence electrons. The molecular weight excluding hydrogens is 275 g/mol. The molecule has 1 atom stereocenters. The summed E-state index contributed by atoms with van der Waals surface area (Å²) in [5, 5.41) is 10.5. The van der Waals surface area contributed by atoms with Gasteiger partial charge in [0.25, 0.3) is 0 Å². The van der Waals surface area contributed by atoms with Gasteiger partial charge in [-0.1, -0.05) is 23.7 Å². The highest BCUT2D eigenvalue weighted by molar-refractivity contribution is 6.30. The van der Waals surface area contributed by atoms with Crippen molar-refractivity contribution in [1.29, 1.82) is 0 Å². The molecule has 2 N–H and O–H groups in total. The Hall–Kier alpha value is -1.76. The van der Waals surface area contributed by atoms with E-state index in [0.717, 1.165) is 0 Å². The van der Waals surface area contributed by atoms with Crippen LogP contribution in [0.3, 0.4) is 0 Å². The van der Waals surface area contributed by atoms with Crippen LogP contribution in [-0.2, 0) is 9.59 Å². The molecule has 1 aromatic carbocycles. The van der Waals surface area contributed by atoms with Gasteiger partial charge in [-0.05, 0) is 17.7 Å². The van der Waals surface area contributed by atoms with Gasteiger partial charge in [0.05, 0.1) is 0 Å². The maximum atomic E-state index is 12.0. The van der Waals surface area contributed by atoms with E-state index in [4.69, 9.17) is 16.7 Å². The second-order valence-corrected chi connectivity index (χ2v) is 3.73. The van der Waals surface area contributed by atoms with Crippen molar-refractivity contribution in [3.8, 4) is 0 Å². The zero-order valence-electron chi connectivity index (χ0n) is 8.66. The molecule has 0 aromatic heterocycles. The number of alkyl halides is 3. The van der Waals surface area contributed by atoms with Gasteiger partial charge in [-0.3, -0.25) is 4.79 Å². The van der Waals surface area contributed by atoms with Gasteiger partial charge in [0, 0.05) is 5.02 Å². The van der Waals surface area contributed by atoms with Crippen molar-refractivity contribution < 1.29 is 27.9 Å². The minimum Gasteiger partial charge on any atom is -0.479 e. The van der Waals surface area contributed by atoms with Crippen molar-refractivity contribution >= 4 is 23.5 Å². The van der Waals surface area contributed by atoms with Crippen LogP contribution in [0.4, 0.5) is 13.2 Å². The smallest absolute Gasteiger partial charge is 0.471 e. The molecule has 1 amide bonds. The Kier molecular flexibility index (Phi) is 4.18. The van der Waals surface area contributed by atoms with E-state index in [1.807, 2.05) is 0 Å². The van der Waals surface area contributed by atoms with E-state index in [9.17, 15) is 22.8 Å². The summed E-state index contributed by atoms with van der Waals surface area (Å²) in [6, 6.07) is 3.28. The van der Waals surface area contributed by atoms with Crippen molar-refractivity contribution in [3.05, 3.63) is 34.9 Å². The molecule has 0 radical (unpaired) electrons. The topological polar surface area (TPSA) is 66.4 Å². The zero-order valence-corrected chi connectivity index (χ0v) is 9.42. The number of hydrogen-bond acceptors (Lipinski definition) is 2. The highest BCUT2D eigenvalue weighted by atomic mass is 35.5. The van der Waals surface area contributed by atoms with Gasteiger partial charge < -0.3 is 10.4 Å². The summed E-state index contributed by atoms with van der Waals surface area (Å²) in [6.45, 7) is 0. The fourth-order valence-electron chi connectivity index (χ4n) is 1.16. The van der Waals surface area contributed by atoms with E-state index in [1.54, 1.807) is 0 Å². The van der Waals surface area contributed by atoms with E-state index < -0.39 is 24.1 Å². The predicted molar refractivity (Wildman–Crippen MR) is 56.0 cm³/mol. The number of carbonyl (C=O) groups excluding carboxylic acids is 1. The maximum Gasteiger partial charge on any atom is 0.471 e. The van der Waals surface area contributed by atoms with E-state index >= 15 is 0 Å².